The molecule has 27 heavy (non-hydrogen) atoms. The Bertz CT molecular complexity index is 931. The van der Waals surface area contributed by atoms with Crippen LogP contribution in [-0.2, 0) is 4.79 Å². The minimum atomic E-state index is -0.00327. The summed E-state index contributed by atoms with van der Waals surface area (Å²) in [7, 11) is 0. The molecule has 1 fully saturated rings. The van der Waals surface area contributed by atoms with Gasteiger partial charge in [-0.25, -0.2) is 0 Å². The third kappa shape index (κ3) is 3.99. The molecule has 0 spiro atoms. The number of aryl methyl sites for hydroxylation is 1. The number of amides is 1. The van der Waals surface area contributed by atoms with Gasteiger partial charge in [0, 0.05) is 42.1 Å². The molecular formula is C19H20ClN5OS. The SMILES string of the molecule is Cc1ccc(Cl)cc1NC(=O)C1CCN(c2nnc(-n3cccc3)s2)CC1. The summed E-state index contributed by atoms with van der Waals surface area (Å²) in [6.07, 6.45) is 5.51. The molecule has 6 nitrogen and oxygen atoms in total. The number of halogens is 1. The van der Waals surface area contributed by atoms with Crippen LogP contribution in [0.4, 0.5) is 10.8 Å². The fourth-order valence-corrected chi connectivity index (χ4v) is 4.24. The van der Waals surface area contributed by atoms with Gasteiger partial charge in [-0.15, -0.1) is 10.2 Å². The summed E-state index contributed by atoms with van der Waals surface area (Å²) in [6, 6.07) is 9.47. The number of aromatic nitrogens is 3. The number of piperidine rings is 1. The fourth-order valence-electron chi connectivity index (χ4n) is 3.20. The average Bonchev–Trinajstić information content (AvgIpc) is 3.36. The van der Waals surface area contributed by atoms with Gasteiger partial charge in [-0.2, -0.15) is 0 Å². The number of hydrogen-bond acceptors (Lipinski definition) is 5. The van der Waals surface area contributed by atoms with Gasteiger partial charge in [0.2, 0.25) is 16.2 Å². The van der Waals surface area contributed by atoms with Crippen molar-refractivity contribution in [2.45, 2.75) is 19.8 Å². The zero-order chi connectivity index (χ0) is 18.8. The molecule has 0 atom stereocenters. The summed E-state index contributed by atoms with van der Waals surface area (Å²) >= 11 is 7.60. The van der Waals surface area contributed by atoms with Crippen LogP contribution in [-0.4, -0.2) is 33.8 Å². The average molecular weight is 402 g/mol. The van der Waals surface area contributed by atoms with Crippen molar-refractivity contribution in [3.05, 3.63) is 53.3 Å². The maximum atomic E-state index is 12.6. The van der Waals surface area contributed by atoms with Gasteiger partial charge in [0.1, 0.15) is 0 Å². The molecule has 1 saturated heterocycles. The van der Waals surface area contributed by atoms with Crippen molar-refractivity contribution >= 4 is 39.7 Å². The normalized spacial score (nSPS) is 15.1. The Morgan fingerprint density at radius 2 is 1.89 bits per heavy atom. The van der Waals surface area contributed by atoms with E-state index >= 15 is 0 Å². The lowest BCUT2D eigenvalue weighted by atomic mass is 9.96. The predicted molar refractivity (Wildman–Crippen MR) is 109 cm³/mol. The van der Waals surface area contributed by atoms with E-state index in [4.69, 9.17) is 11.6 Å². The molecule has 1 aliphatic heterocycles. The van der Waals surface area contributed by atoms with Crippen molar-refractivity contribution in [1.29, 1.82) is 0 Å². The molecule has 0 unspecified atom stereocenters. The second kappa shape index (κ2) is 7.70. The van der Waals surface area contributed by atoms with E-state index in [0.29, 0.717) is 5.02 Å². The molecule has 1 amide bonds. The Kier molecular flexibility index (Phi) is 5.13. The van der Waals surface area contributed by atoms with E-state index in [9.17, 15) is 4.79 Å². The molecule has 1 N–H and O–H groups in total. The van der Waals surface area contributed by atoms with E-state index in [2.05, 4.69) is 20.4 Å². The number of hydrogen-bond donors (Lipinski definition) is 1. The highest BCUT2D eigenvalue weighted by Gasteiger charge is 2.27. The van der Waals surface area contributed by atoms with E-state index in [0.717, 1.165) is 47.4 Å². The van der Waals surface area contributed by atoms with E-state index < -0.39 is 0 Å². The van der Waals surface area contributed by atoms with E-state index in [1.807, 2.05) is 48.1 Å². The molecule has 1 aliphatic rings. The van der Waals surface area contributed by atoms with Crippen molar-refractivity contribution in [1.82, 2.24) is 14.8 Å². The summed E-state index contributed by atoms with van der Waals surface area (Å²) in [4.78, 5) is 14.8. The van der Waals surface area contributed by atoms with E-state index in [1.165, 1.54) is 0 Å². The van der Waals surface area contributed by atoms with Crippen molar-refractivity contribution in [2.75, 3.05) is 23.3 Å². The lowest BCUT2D eigenvalue weighted by molar-refractivity contribution is -0.120. The Labute approximate surface area is 166 Å². The van der Waals surface area contributed by atoms with Crippen LogP contribution in [0.2, 0.25) is 5.02 Å². The van der Waals surface area contributed by atoms with Crippen LogP contribution in [0.5, 0.6) is 0 Å². The first-order chi connectivity index (χ1) is 13.1. The first-order valence-electron chi connectivity index (χ1n) is 8.89. The summed E-state index contributed by atoms with van der Waals surface area (Å²) in [5.41, 5.74) is 1.80. The molecule has 3 aromatic rings. The van der Waals surface area contributed by atoms with Crippen LogP contribution in [0.3, 0.4) is 0 Å². The summed E-state index contributed by atoms with van der Waals surface area (Å²) in [6.45, 7) is 3.56. The quantitative estimate of drug-likeness (QED) is 0.713. The van der Waals surface area contributed by atoms with Gasteiger partial charge in [-0.05, 0) is 49.6 Å². The van der Waals surface area contributed by atoms with Crippen molar-refractivity contribution in [3.8, 4) is 5.13 Å². The standard InChI is InChI=1S/C19H20ClN5OS/c1-13-4-5-15(20)12-16(13)21-17(26)14-6-10-25(11-7-14)19-23-22-18(27-19)24-8-2-3-9-24/h2-5,8-9,12,14H,6-7,10-11H2,1H3,(H,21,26). The lowest BCUT2D eigenvalue weighted by Crippen LogP contribution is -2.38. The monoisotopic (exact) mass is 401 g/mol. The Morgan fingerprint density at radius 1 is 1.19 bits per heavy atom. The van der Waals surface area contributed by atoms with Gasteiger partial charge in [-0.3, -0.25) is 9.36 Å². The molecule has 2 aromatic heterocycles. The molecule has 3 heterocycles. The Morgan fingerprint density at radius 3 is 2.63 bits per heavy atom. The number of anilines is 2. The number of carbonyl (C=O) groups excluding carboxylic acids is 1. The lowest BCUT2D eigenvalue weighted by Gasteiger charge is -2.30. The van der Waals surface area contributed by atoms with Gasteiger partial charge in [0.05, 0.1) is 0 Å². The molecule has 140 valence electrons. The zero-order valence-corrected chi connectivity index (χ0v) is 16.5. The molecule has 4 rings (SSSR count). The first-order valence-corrected chi connectivity index (χ1v) is 10.1. The fraction of sp³-hybridized carbons (Fsp3) is 0.316. The molecule has 0 aliphatic carbocycles. The maximum absolute atomic E-state index is 12.6. The number of nitrogens with one attached hydrogen (secondary N) is 1. The largest absolute Gasteiger partial charge is 0.347 e. The number of rotatable bonds is 4. The number of nitrogens with zero attached hydrogens (tertiary/aromatic N) is 4. The summed E-state index contributed by atoms with van der Waals surface area (Å²) < 4.78 is 1.95. The molecule has 0 saturated carbocycles. The smallest absolute Gasteiger partial charge is 0.227 e. The second-order valence-corrected chi connectivity index (χ2v) is 8.04. The van der Waals surface area contributed by atoms with Crippen LogP contribution < -0.4 is 10.2 Å². The first kappa shape index (κ1) is 18.0. The van der Waals surface area contributed by atoms with Gasteiger partial charge >= 0.3 is 0 Å². The minimum absolute atomic E-state index is 0.00327. The number of carbonyl (C=O) groups is 1. The van der Waals surface area contributed by atoms with Gasteiger partial charge in [0.15, 0.2) is 0 Å². The summed E-state index contributed by atoms with van der Waals surface area (Å²) in [5, 5.41) is 14.0. The van der Waals surface area contributed by atoms with Crippen LogP contribution in [0.1, 0.15) is 18.4 Å². The Balaban J connectivity index is 1.36. The molecule has 1 aromatic carbocycles. The Hall–Kier alpha value is -2.38. The van der Waals surface area contributed by atoms with Crippen molar-refractivity contribution in [2.24, 2.45) is 5.92 Å². The minimum Gasteiger partial charge on any atom is -0.347 e. The third-order valence-electron chi connectivity index (χ3n) is 4.82. The van der Waals surface area contributed by atoms with Crippen molar-refractivity contribution < 1.29 is 4.79 Å². The van der Waals surface area contributed by atoms with Crippen LogP contribution in [0.15, 0.2) is 42.7 Å². The van der Waals surface area contributed by atoms with Gasteiger partial charge in [-0.1, -0.05) is 29.0 Å². The van der Waals surface area contributed by atoms with Gasteiger partial charge < -0.3 is 10.2 Å². The number of benzene rings is 1. The van der Waals surface area contributed by atoms with E-state index in [-0.39, 0.29) is 11.8 Å². The van der Waals surface area contributed by atoms with Crippen LogP contribution in [0.25, 0.3) is 5.13 Å². The zero-order valence-electron chi connectivity index (χ0n) is 14.9. The molecule has 0 radical (unpaired) electrons. The third-order valence-corrected chi connectivity index (χ3v) is 6.06. The highest BCUT2D eigenvalue weighted by Crippen LogP contribution is 2.29. The molecular weight excluding hydrogens is 382 g/mol. The molecule has 0 bridgehead atoms. The predicted octanol–water partition coefficient (Wildman–Crippen LogP) is 4.15. The van der Waals surface area contributed by atoms with Crippen LogP contribution >= 0.6 is 22.9 Å². The highest BCUT2D eigenvalue weighted by molar-refractivity contribution is 7.17. The summed E-state index contributed by atoms with van der Waals surface area (Å²) in [5.74, 6) is 0.0572. The highest BCUT2D eigenvalue weighted by atomic mass is 35.5. The van der Waals surface area contributed by atoms with Crippen molar-refractivity contribution in [3.63, 3.8) is 0 Å². The maximum Gasteiger partial charge on any atom is 0.227 e. The second-order valence-electron chi connectivity index (χ2n) is 6.67. The van der Waals surface area contributed by atoms with Gasteiger partial charge in [0.25, 0.3) is 0 Å². The topological polar surface area (TPSA) is 63.1 Å². The van der Waals surface area contributed by atoms with Crippen LogP contribution in [0, 0.1) is 12.8 Å². The molecule has 8 heteroatoms. The van der Waals surface area contributed by atoms with E-state index in [1.54, 1.807) is 17.4 Å².